The molecule has 1 saturated carbocycles. The molecule has 1 heterocycles. The van der Waals surface area contributed by atoms with Gasteiger partial charge in [0.1, 0.15) is 0 Å². The quantitative estimate of drug-likeness (QED) is 0.621. The molecule has 0 radical (unpaired) electrons. The topological polar surface area (TPSA) is 50.9 Å². The molecular formula is C14H23N3. The molecule has 3 heteroatoms. The standard InChI is InChI=1S/C14H23N3/c1-11-13(8-5-9-16-11)14(17-15)10-12-6-3-2-4-7-12/h5,8-9,12,14,17H,2-4,6-7,10,15H2,1H3. The molecule has 1 atom stereocenters. The van der Waals surface area contributed by atoms with E-state index in [2.05, 4.69) is 23.4 Å². The number of hydrazine groups is 1. The van der Waals surface area contributed by atoms with Gasteiger partial charge < -0.3 is 0 Å². The van der Waals surface area contributed by atoms with Crippen molar-refractivity contribution in [2.24, 2.45) is 11.8 Å². The van der Waals surface area contributed by atoms with Gasteiger partial charge in [0.05, 0.1) is 0 Å². The van der Waals surface area contributed by atoms with Gasteiger partial charge in [0.2, 0.25) is 0 Å². The van der Waals surface area contributed by atoms with E-state index in [1.807, 2.05) is 12.3 Å². The van der Waals surface area contributed by atoms with E-state index in [0.717, 1.165) is 18.0 Å². The molecule has 3 nitrogen and oxygen atoms in total. The van der Waals surface area contributed by atoms with Gasteiger partial charge in [0, 0.05) is 17.9 Å². The lowest BCUT2D eigenvalue weighted by molar-refractivity contribution is 0.300. The molecule has 3 N–H and O–H groups in total. The number of aryl methyl sites for hydroxylation is 1. The van der Waals surface area contributed by atoms with Gasteiger partial charge in [0.15, 0.2) is 0 Å². The number of pyridine rings is 1. The Morgan fingerprint density at radius 1 is 1.41 bits per heavy atom. The van der Waals surface area contributed by atoms with Gasteiger partial charge in [-0.05, 0) is 30.9 Å². The zero-order chi connectivity index (χ0) is 12.1. The van der Waals surface area contributed by atoms with Crippen LogP contribution < -0.4 is 11.3 Å². The molecule has 0 aliphatic heterocycles. The minimum atomic E-state index is 0.256. The molecular weight excluding hydrogens is 210 g/mol. The third kappa shape index (κ3) is 3.27. The third-order valence-corrected chi connectivity index (χ3v) is 3.92. The third-order valence-electron chi connectivity index (χ3n) is 3.92. The molecule has 17 heavy (non-hydrogen) atoms. The average molecular weight is 233 g/mol. The van der Waals surface area contributed by atoms with E-state index < -0.39 is 0 Å². The summed E-state index contributed by atoms with van der Waals surface area (Å²) in [5, 5.41) is 0. The maximum Gasteiger partial charge on any atom is 0.0480 e. The summed E-state index contributed by atoms with van der Waals surface area (Å²) in [5.74, 6) is 6.54. The molecule has 0 saturated heterocycles. The van der Waals surface area contributed by atoms with Gasteiger partial charge in [-0.2, -0.15) is 0 Å². The highest BCUT2D eigenvalue weighted by Gasteiger charge is 2.20. The summed E-state index contributed by atoms with van der Waals surface area (Å²) in [4.78, 5) is 4.35. The SMILES string of the molecule is Cc1ncccc1C(CC1CCCCC1)NN. The highest BCUT2D eigenvalue weighted by atomic mass is 15.2. The number of hydrogen-bond donors (Lipinski definition) is 2. The summed E-state index contributed by atoms with van der Waals surface area (Å²) in [7, 11) is 0. The molecule has 0 bridgehead atoms. The van der Waals surface area contributed by atoms with Crippen molar-refractivity contribution in [2.75, 3.05) is 0 Å². The molecule has 94 valence electrons. The zero-order valence-electron chi connectivity index (χ0n) is 10.7. The van der Waals surface area contributed by atoms with Gasteiger partial charge >= 0.3 is 0 Å². The number of hydrogen-bond acceptors (Lipinski definition) is 3. The second-order valence-corrected chi connectivity index (χ2v) is 5.14. The Labute approximate surface area is 104 Å². The lowest BCUT2D eigenvalue weighted by Crippen LogP contribution is -2.30. The molecule has 0 amide bonds. The van der Waals surface area contributed by atoms with Crippen LogP contribution in [-0.2, 0) is 0 Å². The largest absolute Gasteiger partial charge is 0.271 e. The molecule has 0 aromatic carbocycles. The van der Waals surface area contributed by atoms with Gasteiger partial charge in [-0.3, -0.25) is 16.3 Å². The van der Waals surface area contributed by atoms with Crippen molar-refractivity contribution in [2.45, 2.75) is 51.5 Å². The van der Waals surface area contributed by atoms with Crippen molar-refractivity contribution in [3.05, 3.63) is 29.6 Å². The Hall–Kier alpha value is -0.930. The average Bonchev–Trinajstić information content (AvgIpc) is 2.38. The second kappa shape index (κ2) is 6.12. The van der Waals surface area contributed by atoms with Crippen LogP contribution in [-0.4, -0.2) is 4.98 Å². The van der Waals surface area contributed by atoms with Crippen LogP contribution >= 0.6 is 0 Å². The lowest BCUT2D eigenvalue weighted by Gasteiger charge is -2.26. The molecule has 1 aromatic heterocycles. The first-order valence-corrected chi connectivity index (χ1v) is 6.69. The highest BCUT2D eigenvalue weighted by molar-refractivity contribution is 5.22. The normalized spacial score (nSPS) is 19.2. The minimum Gasteiger partial charge on any atom is -0.271 e. The Bertz CT molecular complexity index is 345. The predicted molar refractivity (Wildman–Crippen MR) is 70.2 cm³/mol. The van der Waals surface area contributed by atoms with E-state index in [1.165, 1.54) is 37.7 Å². The summed E-state index contributed by atoms with van der Waals surface area (Å²) in [5.41, 5.74) is 5.31. The first kappa shape index (κ1) is 12.5. The van der Waals surface area contributed by atoms with Crippen LogP contribution in [0.4, 0.5) is 0 Å². The molecule has 1 aromatic rings. The van der Waals surface area contributed by atoms with E-state index in [-0.39, 0.29) is 6.04 Å². The van der Waals surface area contributed by atoms with E-state index in [4.69, 9.17) is 5.84 Å². The maximum absolute atomic E-state index is 5.71. The maximum atomic E-state index is 5.71. The van der Waals surface area contributed by atoms with Gasteiger partial charge in [0.25, 0.3) is 0 Å². The smallest absolute Gasteiger partial charge is 0.0480 e. The monoisotopic (exact) mass is 233 g/mol. The minimum absolute atomic E-state index is 0.256. The zero-order valence-corrected chi connectivity index (χ0v) is 10.7. The van der Waals surface area contributed by atoms with E-state index in [0.29, 0.717) is 0 Å². The Morgan fingerprint density at radius 2 is 2.18 bits per heavy atom. The van der Waals surface area contributed by atoms with Crippen molar-refractivity contribution in [3.63, 3.8) is 0 Å². The molecule has 1 fully saturated rings. The Morgan fingerprint density at radius 3 is 2.82 bits per heavy atom. The van der Waals surface area contributed by atoms with E-state index in [1.54, 1.807) is 0 Å². The van der Waals surface area contributed by atoms with Crippen molar-refractivity contribution < 1.29 is 0 Å². The Kier molecular flexibility index (Phi) is 4.51. The molecule has 2 rings (SSSR count). The van der Waals surface area contributed by atoms with Crippen LogP contribution in [0.3, 0.4) is 0 Å². The van der Waals surface area contributed by atoms with E-state index >= 15 is 0 Å². The molecule has 0 spiro atoms. The van der Waals surface area contributed by atoms with E-state index in [9.17, 15) is 0 Å². The summed E-state index contributed by atoms with van der Waals surface area (Å²) in [6, 6.07) is 4.38. The van der Waals surface area contributed by atoms with Crippen LogP contribution in [0.25, 0.3) is 0 Å². The molecule has 1 unspecified atom stereocenters. The number of nitrogens with two attached hydrogens (primary N) is 1. The lowest BCUT2D eigenvalue weighted by atomic mass is 9.83. The van der Waals surface area contributed by atoms with Crippen LogP contribution in [0, 0.1) is 12.8 Å². The van der Waals surface area contributed by atoms with Crippen LogP contribution in [0.2, 0.25) is 0 Å². The number of aromatic nitrogens is 1. The second-order valence-electron chi connectivity index (χ2n) is 5.14. The summed E-state index contributed by atoms with van der Waals surface area (Å²) in [6.45, 7) is 2.06. The van der Waals surface area contributed by atoms with Gasteiger partial charge in [-0.25, -0.2) is 0 Å². The van der Waals surface area contributed by atoms with Crippen molar-refractivity contribution >= 4 is 0 Å². The summed E-state index contributed by atoms with van der Waals surface area (Å²) >= 11 is 0. The molecule has 1 aliphatic rings. The van der Waals surface area contributed by atoms with Crippen LogP contribution in [0.1, 0.15) is 55.8 Å². The summed E-state index contributed by atoms with van der Waals surface area (Å²) < 4.78 is 0. The van der Waals surface area contributed by atoms with Crippen molar-refractivity contribution in [1.29, 1.82) is 0 Å². The number of rotatable bonds is 4. The van der Waals surface area contributed by atoms with Crippen LogP contribution in [0.15, 0.2) is 18.3 Å². The number of nitrogens with one attached hydrogen (secondary N) is 1. The fourth-order valence-electron chi connectivity index (χ4n) is 2.91. The first-order chi connectivity index (χ1) is 8.31. The van der Waals surface area contributed by atoms with Gasteiger partial charge in [-0.1, -0.05) is 38.2 Å². The van der Waals surface area contributed by atoms with Gasteiger partial charge in [-0.15, -0.1) is 0 Å². The van der Waals surface area contributed by atoms with Crippen LogP contribution in [0.5, 0.6) is 0 Å². The highest BCUT2D eigenvalue weighted by Crippen LogP contribution is 2.32. The fourth-order valence-corrected chi connectivity index (χ4v) is 2.91. The van der Waals surface area contributed by atoms with Crippen molar-refractivity contribution in [3.8, 4) is 0 Å². The summed E-state index contributed by atoms with van der Waals surface area (Å²) in [6.07, 6.45) is 9.87. The first-order valence-electron chi connectivity index (χ1n) is 6.69. The fraction of sp³-hybridized carbons (Fsp3) is 0.643. The van der Waals surface area contributed by atoms with Crippen molar-refractivity contribution in [1.82, 2.24) is 10.4 Å². The number of nitrogens with zero attached hydrogens (tertiary/aromatic N) is 1. The predicted octanol–water partition coefficient (Wildman–Crippen LogP) is 2.86. The Balaban J connectivity index is 2.03. The molecule has 1 aliphatic carbocycles.